The lowest BCUT2D eigenvalue weighted by Gasteiger charge is -2.24. The van der Waals surface area contributed by atoms with Crippen LogP contribution in [0.4, 0.5) is 0 Å². The van der Waals surface area contributed by atoms with Crippen LogP contribution in [-0.4, -0.2) is 17.6 Å². The lowest BCUT2D eigenvalue weighted by atomic mass is 9.96. The lowest BCUT2D eigenvalue weighted by Crippen LogP contribution is -2.39. The number of benzene rings is 2. The zero-order valence-electron chi connectivity index (χ0n) is 16.1. The number of carbonyl (C=O) groups is 1. The SMILES string of the molecule is COC(=O)C1=C(C)N=c2sc(=Cc3ccc(Br)cc3)c(=O)n2C1c1ccc(Br)cc1. The van der Waals surface area contributed by atoms with E-state index in [0.29, 0.717) is 20.6 Å². The number of allylic oxidation sites excluding steroid dienone is 1. The molecular weight excluding hydrogens is 532 g/mol. The van der Waals surface area contributed by atoms with Gasteiger partial charge in [-0.15, -0.1) is 0 Å². The normalized spacial score (nSPS) is 16.3. The molecule has 4 rings (SSSR count). The average Bonchev–Trinajstić information content (AvgIpc) is 3.03. The zero-order chi connectivity index (χ0) is 21.4. The van der Waals surface area contributed by atoms with Gasteiger partial charge in [-0.3, -0.25) is 9.36 Å². The van der Waals surface area contributed by atoms with Gasteiger partial charge in [-0.25, -0.2) is 9.79 Å². The van der Waals surface area contributed by atoms with E-state index in [4.69, 9.17) is 4.74 Å². The highest BCUT2D eigenvalue weighted by Crippen LogP contribution is 2.31. The first-order valence-electron chi connectivity index (χ1n) is 9.01. The van der Waals surface area contributed by atoms with Crippen LogP contribution in [-0.2, 0) is 9.53 Å². The van der Waals surface area contributed by atoms with Gasteiger partial charge in [0.15, 0.2) is 4.80 Å². The Kier molecular flexibility index (Phi) is 5.90. The Morgan fingerprint density at radius 2 is 1.70 bits per heavy atom. The number of thiazole rings is 1. The van der Waals surface area contributed by atoms with Crippen LogP contribution in [0.5, 0.6) is 0 Å². The maximum atomic E-state index is 13.4. The Bertz CT molecular complexity index is 1340. The number of rotatable bonds is 3. The quantitative estimate of drug-likeness (QED) is 0.467. The predicted molar refractivity (Wildman–Crippen MR) is 124 cm³/mol. The van der Waals surface area contributed by atoms with Crippen molar-refractivity contribution in [2.24, 2.45) is 4.99 Å². The topological polar surface area (TPSA) is 60.7 Å². The van der Waals surface area contributed by atoms with E-state index in [2.05, 4.69) is 36.9 Å². The van der Waals surface area contributed by atoms with Gasteiger partial charge in [0, 0.05) is 8.95 Å². The van der Waals surface area contributed by atoms with Crippen molar-refractivity contribution in [3.05, 3.63) is 99.6 Å². The van der Waals surface area contributed by atoms with Gasteiger partial charge in [-0.05, 0) is 48.4 Å². The fraction of sp³-hybridized carbons (Fsp3) is 0.136. The minimum Gasteiger partial charge on any atom is -0.466 e. The zero-order valence-corrected chi connectivity index (χ0v) is 20.0. The third kappa shape index (κ3) is 3.87. The summed E-state index contributed by atoms with van der Waals surface area (Å²) >= 11 is 8.16. The van der Waals surface area contributed by atoms with Crippen LogP contribution in [0.25, 0.3) is 6.08 Å². The highest BCUT2D eigenvalue weighted by molar-refractivity contribution is 9.10. The molecule has 1 atom stereocenters. The van der Waals surface area contributed by atoms with Crippen molar-refractivity contribution in [1.82, 2.24) is 4.57 Å². The van der Waals surface area contributed by atoms with E-state index in [1.165, 1.54) is 18.4 Å². The summed E-state index contributed by atoms with van der Waals surface area (Å²) < 4.78 is 9.03. The number of halogens is 2. The minimum atomic E-state index is -0.603. The monoisotopic (exact) mass is 546 g/mol. The lowest BCUT2D eigenvalue weighted by molar-refractivity contribution is -0.136. The van der Waals surface area contributed by atoms with E-state index < -0.39 is 12.0 Å². The number of esters is 1. The maximum Gasteiger partial charge on any atom is 0.338 e. The molecule has 0 fully saturated rings. The number of carbonyl (C=O) groups excluding carboxylic acids is 1. The highest BCUT2D eigenvalue weighted by atomic mass is 79.9. The number of methoxy groups -OCH3 is 1. The Hall–Kier alpha value is -2.29. The summed E-state index contributed by atoms with van der Waals surface area (Å²) in [7, 11) is 1.33. The molecule has 3 aromatic rings. The molecule has 0 amide bonds. The molecule has 0 aliphatic carbocycles. The van der Waals surface area contributed by atoms with Crippen LogP contribution in [0.15, 0.2) is 78.5 Å². The van der Waals surface area contributed by atoms with E-state index in [1.807, 2.05) is 54.6 Å². The van der Waals surface area contributed by atoms with Crippen molar-refractivity contribution in [3.63, 3.8) is 0 Å². The number of fused-ring (bicyclic) bond motifs is 1. The van der Waals surface area contributed by atoms with E-state index in [-0.39, 0.29) is 5.56 Å². The smallest absolute Gasteiger partial charge is 0.338 e. The molecule has 0 saturated carbocycles. The third-order valence-corrected chi connectivity index (χ3v) is 6.82. The fourth-order valence-corrected chi connectivity index (χ4v) is 4.94. The van der Waals surface area contributed by atoms with Gasteiger partial charge in [0.2, 0.25) is 0 Å². The molecule has 1 aliphatic rings. The second-order valence-electron chi connectivity index (χ2n) is 6.68. The predicted octanol–water partition coefficient (Wildman–Crippen LogP) is 3.93. The van der Waals surface area contributed by atoms with Crippen molar-refractivity contribution in [3.8, 4) is 0 Å². The van der Waals surface area contributed by atoms with Crippen LogP contribution in [0.2, 0.25) is 0 Å². The number of hydrogen-bond acceptors (Lipinski definition) is 5. The molecular formula is C22H16Br2N2O3S. The van der Waals surface area contributed by atoms with Crippen LogP contribution >= 0.6 is 43.2 Å². The second-order valence-corrected chi connectivity index (χ2v) is 9.52. The molecule has 30 heavy (non-hydrogen) atoms. The molecule has 2 aromatic carbocycles. The van der Waals surface area contributed by atoms with Gasteiger partial charge in [0.1, 0.15) is 0 Å². The Labute approximate surface area is 193 Å². The van der Waals surface area contributed by atoms with Crippen molar-refractivity contribution in [2.75, 3.05) is 7.11 Å². The van der Waals surface area contributed by atoms with Crippen molar-refractivity contribution in [2.45, 2.75) is 13.0 Å². The molecule has 1 aliphatic heterocycles. The minimum absolute atomic E-state index is 0.191. The Morgan fingerprint density at radius 3 is 2.30 bits per heavy atom. The Morgan fingerprint density at radius 1 is 1.10 bits per heavy atom. The summed E-state index contributed by atoms with van der Waals surface area (Å²) in [5, 5.41) is 0. The maximum absolute atomic E-state index is 13.4. The van der Waals surface area contributed by atoms with Crippen LogP contribution in [0.1, 0.15) is 24.1 Å². The number of nitrogens with zero attached hydrogens (tertiary/aromatic N) is 2. The second kappa shape index (κ2) is 8.45. The molecule has 1 unspecified atom stereocenters. The molecule has 0 saturated heterocycles. The summed E-state index contributed by atoms with van der Waals surface area (Å²) in [4.78, 5) is 31.1. The molecule has 5 nitrogen and oxygen atoms in total. The Balaban J connectivity index is 1.96. The van der Waals surface area contributed by atoms with Crippen LogP contribution < -0.4 is 14.9 Å². The van der Waals surface area contributed by atoms with Gasteiger partial charge < -0.3 is 4.74 Å². The average molecular weight is 548 g/mol. The molecule has 0 spiro atoms. The molecule has 8 heteroatoms. The van der Waals surface area contributed by atoms with Gasteiger partial charge in [0.25, 0.3) is 5.56 Å². The fourth-order valence-electron chi connectivity index (χ4n) is 3.36. The van der Waals surface area contributed by atoms with Crippen LogP contribution in [0.3, 0.4) is 0 Å². The summed E-state index contributed by atoms with van der Waals surface area (Å²) in [6.07, 6.45) is 1.84. The standard InChI is InChI=1S/C22H16Br2N2O3S/c1-12-18(21(28)29-2)19(14-5-9-16(24)10-6-14)26-20(27)17(30-22(26)25-12)11-13-3-7-15(23)8-4-13/h3-11,19H,1-2H3. The first-order valence-corrected chi connectivity index (χ1v) is 11.4. The van der Waals surface area contributed by atoms with E-state index in [1.54, 1.807) is 11.5 Å². The third-order valence-electron chi connectivity index (χ3n) is 4.78. The van der Waals surface area contributed by atoms with Crippen molar-refractivity contribution >= 4 is 55.2 Å². The molecule has 1 aromatic heterocycles. The summed E-state index contributed by atoms with van der Waals surface area (Å²) in [6, 6.07) is 14.7. The number of aromatic nitrogens is 1. The number of hydrogen-bond donors (Lipinski definition) is 0. The summed E-state index contributed by atoms with van der Waals surface area (Å²) in [5.74, 6) is -0.494. The summed E-state index contributed by atoms with van der Waals surface area (Å²) in [5.41, 5.74) is 2.44. The first kappa shape index (κ1) is 21.0. The molecule has 0 bridgehead atoms. The van der Waals surface area contributed by atoms with Crippen LogP contribution in [0, 0.1) is 0 Å². The molecule has 152 valence electrons. The van der Waals surface area contributed by atoms with E-state index in [0.717, 1.165) is 20.1 Å². The van der Waals surface area contributed by atoms with Gasteiger partial charge in [-0.2, -0.15) is 0 Å². The van der Waals surface area contributed by atoms with E-state index >= 15 is 0 Å². The largest absolute Gasteiger partial charge is 0.466 e. The molecule has 2 heterocycles. The summed E-state index contributed by atoms with van der Waals surface area (Å²) in [6.45, 7) is 1.77. The van der Waals surface area contributed by atoms with Gasteiger partial charge in [0.05, 0.1) is 29.0 Å². The van der Waals surface area contributed by atoms with E-state index in [9.17, 15) is 9.59 Å². The highest BCUT2D eigenvalue weighted by Gasteiger charge is 2.32. The number of ether oxygens (including phenoxy) is 1. The van der Waals surface area contributed by atoms with Gasteiger partial charge in [-0.1, -0.05) is 67.5 Å². The first-order chi connectivity index (χ1) is 14.4. The van der Waals surface area contributed by atoms with Crippen molar-refractivity contribution < 1.29 is 9.53 Å². The van der Waals surface area contributed by atoms with Crippen molar-refractivity contribution in [1.29, 1.82) is 0 Å². The van der Waals surface area contributed by atoms with Gasteiger partial charge >= 0.3 is 5.97 Å². The molecule has 0 radical (unpaired) electrons. The molecule has 0 N–H and O–H groups in total.